The number of nitrogens with zero attached hydrogens (tertiary/aromatic N) is 4. The molecule has 0 radical (unpaired) electrons. The summed E-state index contributed by atoms with van der Waals surface area (Å²) in [6, 6.07) is 8.55. The van der Waals surface area contributed by atoms with E-state index in [0.717, 1.165) is 82.4 Å². The number of benzene rings is 1. The maximum Gasteiger partial charge on any atom is 0.291 e. The van der Waals surface area contributed by atoms with E-state index in [1.165, 1.54) is 24.6 Å². The molecule has 0 spiro atoms. The van der Waals surface area contributed by atoms with Crippen molar-refractivity contribution in [2.24, 2.45) is 5.92 Å². The van der Waals surface area contributed by atoms with Crippen LogP contribution in [0.5, 0.6) is 0 Å². The van der Waals surface area contributed by atoms with Gasteiger partial charge in [0.25, 0.3) is 5.91 Å². The highest BCUT2D eigenvalue weighted by Gasteiger charge is 2.41. The second kappa shape index (κ2) is 9.77. The van der Waals surface area contributed by atoms with E-state index in [-0.39, 0.29) is 23.0 Å². The van der Waals surface area contributed by atoms with Gasteiger partial charge < -0.3 is 19.9 Å². The number of nitrogens with one attached hydrogen (secondary N) is 2. The third-order valence-corrected chi connectivity index (χ3v) is 7.85. The minimum atomic E-state index is -0.332. The van der Waals surface area contributed by atoms with Crippen molar-refractivity contribution in [3.8, 4) is 6.07 Å². The number of hydrogen-bond acceptors (Lipinski definition) is 6. The summed E-state index contributed by atoms with van der Waals surface area (Å²) in [5.74, 6) is 0.537. The van der Waals surface area contributed by atoms with Crippen LogP contribution >= 0.6 is 0 Å². The lowest BCUT2D eigenvalue weighted by Gasteiger charge is -2.46. The van der Waals surface area contributed by atoms with E-state index in [1.54, 1.807) is 0 Å². The molecule has 2 aromatic rings. The minimum Gasteiger partial charge on any atom is -0.381 e. The normalized spacial score (nSPS) is 21.4. The van der Waals surface area contributed by atoms with Gasteiger partial charge in [-0.2, -0.15) is 5.26 Å². The number of H-pyrrole nitrogens is 1. The number of nitriles is 1. The minimum absolute atomic E-state index is 0.00216. The predicted molar refractivity (Wildman–Crippen MR) is 131 cm³/mol. The Hall–Kier alpha value is -2.89. The van der Waals surface area contributed by atoms with Gasteiger partial charge in [-0.25, -0.2) is 4.98 Å². The van der Waals surface area contributed by atoms with Crippen LogP contribution in [0.2, 0.25) is 0 Å². The van der Waals surface area contributed by atoms with E-state index in [9.17, 15) is 4.79 Å². The zero-order valence-electron chi connectivity index (χ0n) is 20.0. The summed E-state index contributed by atoms with van der Waals surface area (Å²) in [7, 11) is 0. The van der Waals surface area contributed by atoms with Gasteiger partial charge in [0.1, 0.15) is 11.8 Å². The molecule has 1 amide bonds. The first kappa shape index (κ1) is 22.9. The molecule has 0 saturated carbocycles. The number of ether oxygens (including phenoxy) is 1. The predicted octanol–water partition coefficient (Wildman–Crippen LogP) is 3.87. The smallest absolute Gasteiger partial charge is 0.291 e. The van der Waals surface area contributed by atoms with Crippen molar-refractivity contribution >= 4 is 17.3 Å². The molecule has 8 heteroatoms. The Labute approximate surface area is 201 Å². The quantitative estimate of drug-likeness (QED) is 0.700. The third-order valence-electron chi connectivity index (χ3n) is 7.85. The molecule has 0 bridgehead atoms. The standard InChI is InChI=1S/C26H34N6O2/c1-19-6-12-31(13-7-19)23-16-20(26(8-14-34-15-9-26)32-10-2-3-11-32)4-5-22(23)30-25(33)24-28-18-21(17-27)29-24/h4-5,16,18-19H,2-3,6-15H2,1H3,(H,28,29)(H,30,33). The molecule has 0 atom stereocenters. The van der Waals surface area contributed by atoms with Crippen LogP contribution in [-0.2, 0) is 10.3 Å². The maximum absolute atomic E-state index is 12.9. The Morgan fingerprint density at radius 2 is 1.94 bits per heavy atom. The van der Waals surface area contributed by atoms with Crippen molar-refractivity contribution < 1.29 is 9.53 Å². The fourth-order valence-corrected chi connectivity index (χ4v) is 5.75. The molecule has 3 fully saturated rings. The zero-order chi connectivity index (χ0) is 23.5. The number of hydrogen-bond donors (Lipinski definition) is 2. The van der Waals surface area contributed by atoms with Crippen molar-refractivity contribution in [1.82, 2.24) is 14.9 Å². The Bertz CT molecular complexity index is 1050. The SMILES string of the molecule is CC1CCN(c2cc(C3(N4CCCC4)CCOCC3)ccc2NC(=O)c2ncc(C#N)[nH]2)CC1. The number of aromatic nitrogens is 2. The highest BCUT2D eigenvalue weighted by atomic mass is 16.5. The van der Waals surface area contributed by atoms with Gasteiger partial charge in [0.05, 0.1) is 23.1 Å². The van der Waals surface area contributed by atoms with Gasteiger partial charge in [-0.1, -0.05) is 13.0 Å². The first-order valence-electron chi connectivity index (χ1n) is 12.6. The molecule has 3 aliphatic heterocycles. The van der Waals surface area contributed by atoms with Crippen LogP contribution in [0.25, 0.3) is 0 Å². The van der Waals surface area contributed by atoms with Crippen LogP contribution < -0.4 is 10.2 Å². The second-order valence-corrected chi connectivity index (χ2v) is 9.95. The largest absolute Gasteiger partial charge is 0.381 e. The Morgan fingerprint density at radius 3 is 2.62 bits per heavy atom. The van der Waals surface area contributed by atoms with Gasteiger partial charge in [0.15, 0.2) is 5.82 Å². The number of carbonyl (C=O) groups excluding carboxylic acids is 1. The maximum atomic E-state index is 12.9. The Morgan fingerprint density at radius 1 is 1.21 bits per heavy atom. The lowest BCUT2D eigenvalue weighted by atomic mass is 9.80. The Kier molecular flexibility index (Phi) is 6.57. The molecule has 5 rings (SSSR count). The van der Waals surface area contributed by atoms with Gasteiger partial charge in [0.2, 0.25) is 0 Å². The highest BCUT2D eigenvalue weighted by Crippen LogP contribution is 2.43. The summed E-state index contributed by atoms with van der Waals surface area (Å²) >= 11 is 0. The molecule has 0 aliphatic carbocycles. The molecule has 180 valence electrons. The molecule has 0 unspecified atom stereocenters. The van der Waals surface area contributed by atoms with Crippen LogP contribution in [0.4, 0.5) is 11.4 Å². The van der Waals surface area contributed by atoms with E-state index < -0.39 is 0 Å². The lowest BCUT2D eigenvalue weighted by molar-refractivity contribution is -0.0223. The van der Waals surface area contributed by atoms with Gasteiger partial charge >= 0.3 is 0 Å². The molecule has 2 N–H and O–H groups in total. The van der Waals surface area contributed by atoms with Crippen molar-refractivity contribution in [3.05, 3.63) is 41.5 Å². The van der Waals surface area contributed by atoms with Crippen molar-refractivity contribution in [2.45, 2.75) is 51.0 Å². The zero-order valence-corrected chi connectivity index (χ0v) is 20.0. The Balaban J connectivity index is 1.50. The number of piperidine rings is 1. The van der Waals surface area contributed by atoms with Crippen LogP contribution in [0.15, 0.2) is 24.4 Å². The molecule has 1 aromatic heterocycles. The van der Waals surface area contributed by atoms with E-state index >= 15 is 0 Å². The number of amides is 1. The molecule has 3 aliphatic rings. The van der Waals surface area contributed by atoms with E-state index in [0.29, 0.717) is 0 Å². The number of carbonyl (C=O) groups is 1. The summed E-state index contributed by atoms with van der Waals surface area (Å²) in [4.78, 5) is 24.9. The number of aromatic amines is 1. The van der Waals surface area contributed by atoms with Gasteiger partial charge in [-0.15, -0.1) is 0 Å². The van der Waals surface area contributed by atoms with Gasteiger partial charge in [-0.3, -0.25) is 9.69 Å². The fourth-order valence-electron chi connectivity index (χ4n) is 5.75. The van der Waals surface area contributed by atoms with Crippen molar-refractivity contribution in [3.63, 3.8) is 0 Å². The van der Waals surface area contributed by atoms with E-state index in [2.05, 4.69) is 50.2 Å². The van der Waals surface area contributed by atoms with Crippen LogP contribution in [0, 0.1) is 17.2 Å². The van der Waals surface area contributed by atoms with Crippen molar-refractivity contribution in [1.29, 1.82) is 5.26 Å². The summed E-state index contributed by atoms with van der Waals surface area (Å²) < 4.78 is 5.77. The summed E-state index contributed by atoms with van der Waals surface area (Å²) in [5, 5.41) is 12.1. The third kappa shape index (κ3) is 4.42. The average Bonchev–Trinajstić information content (AvgIpc) is 3.58. The van der Waals surface area contributed by atoms with Gasteiger partial charge in [0, 0.05) is 26.3 Å². The topological polar surface area (TPSA) is 97.3 Å². The lowest BCUT2D eigenvalue weighted by Crippen LogP contribution is -2.48. The molecular weight excluding hydrogens is 428 g/mol. The summed E-state index contributed by atoms with van der Waals surface area (Å²) in [6.07, 6.45) is 8.18. The fraction of sp³-hybridized carbons (Fsp3) is 0.577. The summed E-state index contributed by atoms with van der Waals surface area (Å²) in [6.45, 7) is 8.10. The molecular formula is C26H34N6O2. The molecule has 34 heavy (non-hydrogen) atoms. The number of anilines is 2. The monoisotopic (exact) mass is 462 g/mol. The number of imidazole rings is 1. The average molecular weight is 463 g/mol. The number of rotatable bonds is 5. The first-order chi connectivity index (χ1) is 16.6. The van der Waals surface area contributed by atoms with E-state index in [4.69, 9.17) is 10.00 Å². The van der Waals surface area contributed by atoms with Crippen molar-refractivity contribution in [2.75, 3.05) is 49.6 Å². The second-order valence-electron chi connectivity index (χ2n) is 9.95. The van der Waals surface area contributed by atoms with Crippen LogP contribution in [0.3, 0.4) is 0 Å². The molecule has 4 heterocycles. The molecule has 8 nitrogen and oxygen atoms in total. The van der Waals surface area contributed by atoms with Crippen LogP contribution in [-0.4, -0.2) is 60.2 Å². The van der Waals surface area contributed by atoms with E-state index in [1.807, 2.05) is 6.07 Å². The number of likely N-dealkylation sites (tertiary alicyclic amines) is 1. The molecule has 1 aromatic carbocycles. The van der Waals surface area contributed by atoms with Gasteiger partial charge in [-0.05, 0) is 75.2 Å². The molecule has 3 saturated heterocycles. The first-order valence-corrected chi connectivity index (χ1v) is 12.6. The summed E-state index contributed by atoms with van der Waals surface area (Å²) in [5.41, 5.74) is 3.47. The van der Waals surface area contributed by atoms with Crippen LogP contribution in [0.1, 0.15) is 67.3 Å². The highest BCUT2D eigenvalue weighted by molar-refractivity contribution is 6.03.